The van der Waals surface area contributed by atoms with E-state index in [1.54, 1.807) is 37.5 Å². The van der Waals surface area contributed by atoms with E-state index in [4.69, 9.17) is 4.74 Å². The van der Waals surface area contributed by atoms with E-state index >= 15 is 4.39 Å². The lowest BCUT2D eigenvalue weighted by molar-refractivity contribution is 0.00719. The van der Waals surface area contributed by atoms with Gasteiger partial charge in [0.05, 0.1) is 18.3 Å². The average Bonchev–Trinajstić information content (AvgIpc) is 2.79. The van der Waals surface area contributed by atoms with E-state index in [1.165, 1.54) is 17.0 Å². The molecule has 7 nitrogen and oxygen atoms in total. The number of alkyl halides is 1. The van der Waals surface area contributed by atoms with Crippen molar-refractivity contribution in [2.75, 3.05) is 19.7 Å². The van der Waals surface area contributed by atoms with Crippen LogP contribution in [-0.4, -0.2) is 56.1 Å². The van der Waals surface area contributed by atoms with Crippen LogP contribution in [0.2, 0.25) is 0 Å². The van der Waals surface area contributed by atoms with Gasteiger partial charge in [-0.15, -0.1) is 0 Å². The molecule has 0 unspecified atom stereocenters. The summed E-state index contributed by atoms with van der Waals surface area (Å²) >= 11 is 0. The fourth-order valence-electron chi connectivity index (χ4n) is 3.52. The summed E-state index contributed by atoms with van der Waals surface area (Å²) in [7, 11) is 0. The average molecular weight is 425 g/mol. The summed E-state index contributed by atoms with van der Waals surface area (Å²) in [5.74, 6) is -0.369. The number of hydrogen-bond donors (Lipinski definition) is 0. The lowest BCUT2D eigenvalue weighted by atomic mass is 9.95. The number of likely N-dealkylation sites (tertiary alicyclic amines) is 1. The van der Waals surface area contributed by atoms with Crippen molar-refractivity contribution >= 4 is 5.91 Å². The van der Waals surface area contributed by atoms with E-state index in [0.717, 1.165) is 6.20 Å². The zero-order chi connectivity index (χ0) is 21.8. The van der Waals surface area contributed by atoms with Crippen LogP contribution in [-0.2, 0) is 0 Å². The quantitative estimate of drug-likeness (QED) is 0.623. The molecule has 1 fully saturated rings. The Bertz CT molecular complexity index is 1070. The summed E-state index contributed by atoms with van der Waals surface area (Å²) in [6, 6.07) is 7.75. The molecule has 0 radical (unpaired) electrons. The monoisotopic (exact) mass is 425 g/mol. The predicted octanol–water partition coefficient (Wildman–Crippen LogP) is 3.40. The second-order valence-electron chi connectivity index (χ2n) is 7.51. The number of rotatable bonds is 5. The largest absolute Gasteiger partial charge is 0.474 e. The van der Waals surface area contributed by atoms with Crippen LogP contribution in [0, 0.1) is 12.7 Å². The van der Waals surface area contributed by atoms with Crippen LogP contribution in [0.4, 0.5) is 8.78 Å². The van der Waals surface area contributed by atoms with Gasteiger partial charge in [0, 0.05) is 30.7 Å². The maximum atomic E-state index is 15.5. The molecule has 1 amide bonds. The Morgan fingerprint density at radius 3 is 2.74 bits per heavy atom. The number of amides is 1. The molecule has 31 heavy (non-hydrogen) atoms. The fourth-order valence-corrected chi connectivity index (χ4v) is 3.52. The molecule has 4 heterocycles. The van der Waals surface area contributed by atoms with E-state index in [-0.39, 0.29) is 37.1 Å². The molecule has 3 aromatic heterocycles. The normalized spacial score (nSPS) is 18.6. The lowest BCUT2D eigenvalue weighted by Gasteiger charge is -2.37. The standard InChI is InChI=1S/C22H21F2N5O2/c1-15-4-6-17(20-25-9-3-10-26-20)19(28-15)21(30)29-11-2-8-22(24,13-29)14-31-18-7-5-16(23)12-27-18/h3-7,9-10,12H,2,8,11,13-14H2,1H3/t22-/m0/s1. The molecule has 0 aromatic carbocycles. The highest BCUT2D eigenvalue weighted by Gasteiger charge is 2.39. The van der Waals surface area contributed by atoms with Crippen molar-refractivity contribution in [3.63, 3.8) is 0 Å². The number of piperidine rings is 1. The number of aryl methyl sites for hydroxylation is 1. The van der Waals surface area contributed by atoms with Crippen LogP contribution in [0.5, 0.6) is 5.88 Å². The molecule has 4 rings (SSSR count). The van der Waals surface area contributed by atoms with Crippen LogP contribution < -0.4 is 4.74 Å². The first kappa shape index (κ1) is 20.8. The summed E-state index contributed by atoms with van der Waals surface area (Å²) < 4.78 is 33.9. The lowest BCUT2D eigenvalue weighted by Crippen LogP contribution is -2.51. The zero-order valence-corrected chi connectivity index (χ0v) is 17.0. The summed E-state index contributed by atoms with van der Waals surface area (Å²) in [6.07, 6.45) is 4.91. The fraction of sp³-hybridized carbons (Fsp3) is 0.318. The van der Waals surface area contributed by atoms with E-state index in [9.17, 15) is 9.18 Å². The van der Waals surface area contributed by atoms with Crippen LogP contribution in [0.1, 0.15) is 29.0 Å². The number of hydrogen-bond acceptors (Lipinski definition) is 6. The highest BCUT2D eigenvalue weighted by atomic mass is 19.1. The maximum Gasteiger partial charge on any atom is 0.273 e. The highest BCUT2D eigenvalue weighted by Crippen LogP contribution is 2.29. The molecule has 0 bridgehead atoms. The first-order chi connectivity index (χ1) is 14.9. The molecule has 0 aliphatic carbocycles. The second-order valence-corrected chi connectivity index (χ2v) is 7.51. The Kier molecular flexibility index (Phi) is 5.83. The predicted molar refractivity (Wildman–Crippen MR) is 109 cm³/mol. The number of pyridine rings is 2. The molecule has 1 atom stereocenters. The van der Waals surface area contributed by atoms with Crippen molar-refractivity contribution in [3.05, 3.63) is 66.1 Å². The molecule has 9 heteroatoms. The van der Waals surface area contributed by atoms with Crippen molar-refractivity contribution in [3.8, 4) is 17.3 Å². The van der Waals surface area contributed by atoms with E-state index < -0.39 is 11.5 Å². The maximum absolute atomic E-state index is 15.5. The Morgan fingerprint density at radius 1 is 1.19 bits per heavy atom. The van der Waals surface area contributed by atoms with E-state index in [0.29, 0.717) is 30.0 Å². The third kappa shape index (κ3) is 4.82. The number of halogens is 2. The smallest absolute Gasteiger partial charge is 0.273 e. The third-order valence-electron chi connectivity index (χ3n) is 5.04. The number of aromatic nitrogens is 4. The first-order valence-electron chi connectivity index (χ1n) is 9.91. The number of carbonyl (C=O) groups is 1. The minimum Gasteiger partial charge on any atom is -0.474 e. The van der Waals surface area contributed by atoms with Gasteiger partial charge >= 0.3 is 0 Å². The van der Waals surface area contributed by atoms with Gasteiger partial charge in [0.15, 0.2) is 11.5 Å². The Morgan fingerprint density at radius 2 is 2.00 bits per heavy atom. The third-order valence-corrected chi connectivity index (χ3v) is 5.04. The van der Waals surface area contributed by atoms with Crippen LogP contribution in [0.25, 0.3) is 11.4 Å². The molecular weight excluding hydrogens is 404 g/mol. The molecule has 1 aliphatic rings. The van der Waals surface area contributed by atoms with Crippen molar-refractivity contribution in [2.45, 2.75) is 25.4 Å². The zero-order valence-electron chi connectivity index (χ0n) is 17.0. The molecule has 0 saturated carbocycles. The summed E-state index contributed by atoms with van der Waals surface area (Å²) in [5.41, 5.74) is -0.399. The van der Waals surface area contributed by atoms with Gasteiger partial charge in [-0.3, -0.25) is 4.79 Å². The molecule has 3 aromatic rings. The van der Waals surface area contributed by atoms with Gasteiger partial charge < -0.3 is 9.64 Å². The van der Waals surface area contributed by atoms with E-state index in [1.807, 2.05) is 0 Å². The number of ether oxygens (including phenoxy) is 1. The van der Waals surface area contributed by atoms with Gasteiger partial charge in [-0.2, -0.15) is 0 Å². The SMILES string of the molecule is Cc1ccc(-c2ncccn2)c(C(=O)N2CCC[C@@](F)(COc3ccc(F)cn3)C2)n1. The van der Waals surface area contributed by atoms with Gasteiger partial charge in [-0.05, 0) is 44.0 Å². The van der Waals surface area contributed by atoms with Gasteiger partial charge in [-0.25, -0.2) is 28.7 Å². The van der Waals surface area contributed by atoms with Crippen molar-refractivity contribution < 1.29 is 18.3 Å². The molecule has 1 aliphatic heterocycles. The highest BCUT2D eigenvalue weighted by molar-refractivity contribution is 5.98. The van der Waals surface area contributed by atoms with Gasteiger partial charge in [0.2, 0.25) is 5.88 Å². The number of carbonyl (C=O) groups excluding carboxylic acids is 1. The number of nitrogens with zero attached hydrogens (tertiary/aromatic N) is 5. The van der Waals surface area contributed by atoms with Crippen molar-refractivity contribution in [1.29, 1.82) is 0 Å². The molecule has 160 valence electrons. The Balaban J connectivity index is 1.52. The van der Waals surface area contributed by atoms with Crippen molar-refractivity contribution in [2.24, 2.45) is 0 Å². The molecule has 0 spiro atoms. The van der Waals surface area contributed by atoms with Crippen LogP contribution >= 0.6 is 0 Å². The molecular formula is C22H21F2N5O2. The molecule has 1 saturated heterocycles. The topological polar surface area (TPSA) is 81.1 Å². The minimum absolute atomic E-state index is 0.130. The van der Waals surface area contributed by atoms with Gasteiger partial charge in [0.1, 0.15) is 18.1 Å². The van der Waals surface area contributed by atoms with Crippen LogP contribution in [0.3, 0.4) is 0 Å². The van der Waals surface area contributed by atoms with Gasteiger partial charge in [0.25, 0.3) is 5.91 Å². The second kappa shape index (κ2) is 8.71. The van der Waals surface area contributed by atoms with Crippen molar-refractivity contribution in [1.82, 2.24) is 24.8 Å². The van der Waals surface area contributed by atoms with E-state index in [2.05, 4.69) is 19.9 Å². The Hall–Kier alpha value is -3.49. The summed E-state index contributed by atoms with van der Waals surface area (Å²) in [4.78, 5) is 31.4. The molecule has 0 N–H and O–H groups in total. The Labute approximate surface area is 178 Å². The minimum atomic E-state index is -1.75. The first-order valence-corrected chi connectivity index (χ1v) is 9.91. The summed E-state index contributed by atoms with van der Waals surface area (Å²) in [6.45, 7) is 1.76. The van der Waals surface area contributed by atoms with Crippen LogP contribution in [0.15, 0.2) is 48.9 Å². The summed E-state index contributed by atoms with van der Waals surface area (Å²) in [5, 5.41) is 0. The van der Waals surface area contributed by atoms with Gasteiger partial charge in [-0.1, -0.05) is 0 Å².